The van der Waals surface area contributed by atoms with Crippen molar-refractivity contribution in [3.8, 4) is 0 Å². The molecule has 3 heterocycles. The van der Waals surface area contributed by atoms with Crippen LogP contribution in [0.25, 0.3) is 17.0 Å². The molecule has 2 aromatic rings. The van der Waals surface area contributed by atoms with Crippen molar-refractivity contribution >= 4 is 34.7 Å². The number of nitrogens with one attached hydrogen (secondary N) is 3. The fourth-order valence-electron chi connectivity index (χ4n) is 4.77. The molecule has 0 spiro atoms. The van der Waals surface area contributed by atoms with Crippen molar-refractivity contribution < 1.29 is 19.1 Å². The molecule has 1 aromatic heterocycles. The molecule has 1 saturated heterocycles. The maximum absolute atomic E-state index is 13.1. The number of rotatable bonds is 1. The summed E-state index contributed by atoms with van der Waals surface area (Å²) in [5.74, 6) is -0.812. The monoisotopic (exact) mass is 521 g/mol. The van der Waals surface area contributed by atoms with Crippen LogP contribution in [0, 0.1) is 11.8 Å². The quantitative estimate of drug-likeness (QED) is 0.532. The number of nitrogens with zero attached hydrogens (tertiary/aromatic N) is 2. The highest BCUT2D eigenvalue weighted by Crippen LogP contribution is 2.20. The Morgan fingerprint density at radius 1 is 1.00 bits per heavy atom. The van der Waals surface area contributed by atoms with Gasteiger partial charge in [-0.05, 0) is 56.2 Å². The number of hydrazine groups is 1. The standard InChI is InChI=1S/C29H39N5O4/c1-17(2)26-28(36)31-20(5)29(37)34-14-6-7-24(33-34)27(35)30-19(4)23-13-12-22-11-10-21(15-25(22)32-23)9-8-18(3)16-38-26/h8-13,15,17-20,24,26,33H,6-7,14,16H2,1-5H3,(H,30,35)(H,31,36)/t18?,19-,20+,24+,26+/m1/s1. The molecule has 5 atom stereocenters. The van der Waals surface area contributed by atoms with Crippen LogP contribution < -0.4 is 16.1 Å². The van der Waals surface area contributed by atoms with Crippen LogP contribution in [0.2, 0.25) is 0 Å². The Balaban J connectivity index is 1.64. The SMILES string of the molecule is CC1C=Cc2ccc3ccc(nc3c2)[C@@H](C)NC(=O)[C@@H]2CCCN(N2)C(=O)[C@H](C)NC(=O)[C@H](C(C)C)OC1. The van der Waals surface area contributed by atoms with E-state index in [-0.39, 0.29) is 35.6 Å². The van der Waals surface area contributed by atoms with E-state index >= 15 is 0 Å². The molecule has 9 nitrogen and oxygen atoms in total. The fraction of sp³-hybridized carbons (Fsp3) is 0.517. The molecule has 0 saturated carbocycles. The molecule has 0 aliphatic carbocycles. The van der Waals surface area contributed by atoms with E-state index in [4.69, 9.17) is 9.72 Å². The zero-order valence-corrected chi connectivity index (χ0v) is 22.9. The fourth-order valence-corrected chi connectivity index (χ4v) is 4.77. The molecule has 2 aliphatic rings. The smallest absolute Gasteiger partial charge is 0.258 e. The van der Waals surface area contributed by atoms with Crippen LogP contribution in [0.4, 0.5) is 0 Å². The van der Waals surface area contributed by atoms with Crippen molar-refractivity contribution in [3.05, 3.63) is 47.7 Å². The van der Waals surface area contributed by atoms with Crippen molar-refractivity contribution in [1.82, 2.24) is 26.1 Å². The summed E-state index contributed by atoms with van der Waals surface area (Å²) in [5.41, 5.74) is 5.68. The first-order valence-electron chi connectivity index (χ1n) is 13.5. The van der Waals surface area contributed by atoms with Gasteiger partial charge in [-0.25, -0.2) is 5.43 Å². The van der Waals surface area contributed by atoms with Crippen LogP contribution in [0.5, 0.6) is 0 Å². The molecular weight excluding hydrogens is 482 g/mol. The Kier molecular flexibility index (Phi) is 8.79. The summed E-state index contributed by atoms with van der Waals surface area (Å²) in [6, 6.07) is 8.40. The van der Waals surface area contributed by atoms with Crippen LogP contribution >= 0.6 is 0 Å². The van der Waals surface area contributed by atoms with E-state index in [0.717, 1.165) is 22.2 Å². The van der Waals surface area contributed by atoms with Gasteiger partial charge in [0.05, 0.1) is 23.9 Å². The van der Waals surface area contributed by atoms with E-state index in [2.05, 4.69) is 22.1 Å². The number of hydrogen-bond donors (Lipinski definition) is 3. The predicted octanol–water partition coefficient (Wildman–Crippen LogP) is 3.12. The normalized spacial score (nSPS) is 27.9. The minimum Gasteiger partial charge on any atom is -0.368 e. The van der Waals surface area contributed by atoms with E-state index < -0.39 is 18.2 Å². The zero-order chi connectivity index (χ0) is 27.4. The molecule has 1 fully saturated rings. The summed E-state index contributed by atoms with van der Waals surface area (Å²) >= 11 is 0. The Morgan fingerprint density at radius 2 is 1.74 bits per heavy atom. The molecule has 3 amide bonds. The molecule has 9 heteroatoms. The molecule has 0 radical (unpaired) electrons. The highest BCUT2D eigenvalue weighted by molar-refractivity contribution is 5.90. The molecule has 38 heavy (non-hydrogen) atoms. The van der Waals surface area contributed by atoms with Gasteiger partial charge in [-0.15, -0.1) is 0 Å². The summed E-state index contributed by atoms with van der Waals surface area (Å²) in [6.45, 7) is 10.3. The van der Waals surface area contributed by atoms with Crippen molar-refractivity contribution in [3.63, 3.8) is 0 Å². The van der Waals surface area contributed by atoms with Crippen LogP contribution in [0.1, 0.15) is 64.8 Å². The lowest BCUT2D eigenvalue weighted by Gasteiger charge is -2.35. The highest BCUT2D eigenvalue weighted by Gasteiger charge is 2.33. The van der Waals surface area contributed by atoms with Crippen molar-refractivity contribution in [2.24, 2.45) is 11.8 Å². The van der Waals surface area contributed by atoms with Crippen molar-refractivity contribution in [1.29, 1.82) is 0 Å². The maximum atomic E-state index is 13.1. The van der Waals surface area contributed by atoms with Gasteiger partial charge in [-0.3, -0.25) is 24.4 Å². The van der Waals surface area contributed by atoms with E-state index in [9.17, 15) is 14.4 Å². The number of pyridine rings is 1. The van der Waals surface area contributed by atoms with Gasteiger partial charge in [0, 0.05) is 11.9 Å². The molecule has 4 rings (SSSR count). The highest BCUT2D eigenvalue weighted by atomic mass is 16.5. The molecular formula is C29H39N5O4. The van der Waals surface area contributed by atoms with Crippen LogP contribution in [0.3, 0.4) is 0 Å². The largest absolute Gasteiger partial charge is 0.368 e. The molecule has 3 N–H and O–H groups in total. The summed E-state index contributed by atoms with van der Waals surface area (Å²) < 4.78 is 6.03. The minimum atomic E-state index is -0.769. The van der Waals surface area contributed by atoms with Crippen molar-refractivity contribution in [2.75, 3.05) is 13.2 Å². The minimum absolute atomic E-state index is 0.0666. The number of fused-ring (bicyclic) bond motifs is 4. The lowest BCUT2D eigenvalue weighted by molar-refractivity contribution is -0.146. The summed E-state index contributed by atoms with van der Waals surface area (Å²) in [4.78, 5) is 44.1. The Labute approximate surface area is 224 Å². The number of carbonyl (C=O) groups is 3. The van der Waals surface area contributed by atoms with Crippen molar-refractivity contribution in [2.45, 2.75) is 71.7 Å². The average molecular weight is 522 g/mol. The average Bonchev–Trinajstić information content (AvgIpc) is 2.90. The summed E-state index contributed by atoms with van der Waals surface area (Å²) in [7, 11) is 0. The van der Waals surface area contributed by atoms with E-state index in [0.29, 0.717) is 26.0 Å². The second kappa shape index (κ2) is 12.0. The number of ether oxygens (including phenoxy) is 1. The number of benzene rings is 1. The first-order chi connectivity index (χ1) is 18.1. The lowest BCUT2D eigenvalue weighted by atomic mass is 10.0. The topological polar surface area (TPSA) is 113 Å². The van der Waals surface area contributed by atoms with Gasteiger partial charge in [-0.2, -0.15) is 0 Å². The van der Waals surface area contributed by atoms with Crippen LogP contribution in [0.15, 0.2) is 36.4 Å². The van der Waals surface area contributed by atoms with E-state index in [1.807, 2.05) is 64.1 Å². The lowest BCUT2D eigenvalue weighted by Crippen LogP contribution is -2.61. The van der Waals surface area contributed by atoms with Gasteiger partial charge in [0.15, 0.2) is 0 Å². The molecule has 5 bridgehead atoms. The van der Waals surface area contributed by atoms with Gasteiger partial charge in [0.25, 0.3) is 5.91 Å². The first-order valence-corrected chi connectivity index (χ1v) is 13.5. The number of aromatic nitrogens is 1. The third-order valence-corrected chi connectivity index (χ3v) is 7.06. The predicted molar refractivity (Wildman–Crippen MR) is 147 cm³/mol. The van der Waals surface area contributed by atoms with Crippen LogP contribution in [-0.4, -0.2) is 59.1 Å². The summed E-state index contributed by atoms with van der Waals surface area (Å²) in [6.07, 6.45) is 4.67. The third-order valence-electron chi connectivity index (χ3n) is 7.06. The first kappa shape index (κ1) is 27.7. The second-order valence-corrected chi connectivity index (χ2v) is 10.8. The molecule has 204 valence electrons. The van der Waals surface area contributed by atoms with Crippen LogP contribution in [-0.2, 0) is 19.1 Å². The number of amides is 3. The zero-order valence-electron chi connectivity index (χ0n) is 22.9. The maximum Gasteiger partial charge on any atom is 0.258 e. The number of hydrogen-bond acceptors (Lipinski definition) is 6. The Bertz CT molecular complexity index is 1210. The third kappa shape index (κ3) is 6.57. The number of carbonyl (C=O) groups excluding carboxylic acids is 3. The molecule has 2 aliphatic heterocycles. The second-order valence-electron chi connectivity index (χ2n) is 10.8. The Morgan fingerprint density at radius 3 is 2.50 bits per heavy atom. The van der Waals surface area contributed by atoms with Gasteiger partial charge >= 0.3 is 0 Å². The van der Waals surface area contributed by atoms with Gasteiger partial charge in [-0.1, -0.05) is 51.1 Å². The van der Waals surface area contributed by atoms with E-state index in [1.54, 1.807) is 6.92 Å². The summed E-state index contributed by atoms with van der Waals surface area (Å²) in [5, 5.41) is 8.31. The molecule has 1 aromatic carbocycles. The van der Waals surface area contributed by atoms with E-state index in [1.165, 1.54) is 5.01 Å². The molecule has 1 unspecified atom stereocenters. The van der Waals surface area contributed by atoms with Gasteiger partial charge < -0.3 is 15.4 Å². The Hall–Kier alpha value is -3.30. The van der Waals surface area contributed by atoms with Gasteiger partial charge in [0.2, 0.25) is 11.8 Å². The van der Waals surface area contributed by atoms with Gasteiger partial charge in [0.1, 0.15) is 18.2 Å².